The van der Waals surface area contributed by atoms with Crippen LogP contribution in [0.2, 0.25) is 0 Å². The van der Waals surface area contributed by atoms with Crippen molar-refractivity contribution in [2.45, 2.75) is 31.7 Å². The molecule has 1 unspecified atom stereocenters. The van der Waals surface area contributed by atoms with Gasteiger partial charge in [0.25, 0.3) is 0 Å². The van der Waals surface area contributed by atoms with Gasteiger partial charge in [0.2, 0.25) is 0 Å². The Hall–Kier alpha value is -1.04. The van der Waals surface area contributed by atoms with Gasteiger partial charge in [0, 0.05) is 6.42 Å². The van der Waals surface area contributed by atoms with Crippen molar-refractivity contribution in [2.24, 2.45) is 0 Å². The standard InChI is InChI=1S/C10H13F4NO/c1-3-6-4-5-7(16-6)8(15-2)10(13,14)9(11)12/h4-5,8-9,15H,3H2,1-2H3. The van der Waals surface area contributed by atoms with E-state index in [4.69, 9.17) is 4.42 Å². The first-order valence-electron chi connectivity index (χ1n) is 4.85. The summed E-state index contributed by atoms with van der Waals surface area (Å²) in [6, 6.07) is 0.977. The minimum absolute atomic E-state index is 0.176. The Morgan fingerprint density at radius 2 is 2.00 bits per heavy atom. The van der Waals surface area contributed by atoms with Crippen molar-refractivity contribution in [1.29, 1.82) is 0 Å². The van der Waals surface area contributed by atoms with Crippen molar-refractivity contribution >= 4 is 0 Å². The molecule has 0 aliphatic rings. The number of nitrogens with one attached hydrogen (secondary N) is 1. The van der Waals surface area contributed by atoms with E-state index in [2.05, 4.69) is 5.32 Å². The van der Waals surface area contributed by atoms with Crippen molar-refractivity contribution in [3.05, 3.63) is 23.7 Å². The van der Waals surface area contributed by atoms with Gasteiger partial charge >= 0.3 is 12.3 Å². The van der Waals surface area contributed by atoms with Gasteiger partial charge in [0.15, 0.2) is 0 Å². The zero-order valence-corrected chi connectivity index (χ0v) is 8.94. The monoisotopic (exact) mass is 239 g/mol. The molecular weight excluding hydrogens is 226 g/mol. The molecule has 1 aromatic rings. The van der Waals surface area contributed by atoms with Crippen LogP contribution in [0.15, 0.2) is 16.5 Å². The van der Waals surface area contributed by atoms with E-state index in [9.17, 15) is 17.6 Å². The first-order valence-corrected chi connectivity index (χ1v) is 4.85. The molecule has 1 rings (SSSR count). The Morgan fingerprint density at radius 1 is 1.38 bits per heavy atom. The molecule has 0 aliphatic carbocycles. The molecule has 92 valence electrons. The molecule has 1 N–H and O–H groups in total. The van der Waals surface area contributed by atoms with Crippen LogP contribution in [0.25, 0.3) is 0 Å². The van der Waals surface area contributed by atoms with E-state index in [1.807, 2.05) is 0 Å². The maximum Gasteiger partial charge on any atom is 0.329 e. The van der Waals surface area contributed by atoms with E-state index in [1.165, 1.54) is 19.2 Å². The molecular formula is C10H13F4NO. The molecule has 0 radical (unpaired) electrons. The first-order chi connectivity index (χ1) is 7.43. The number of rotatable bonds is 5. The number of hydrogen-bond acceptors (Lipinski definition) is 2. The minimum atomic E-state index is -4.16. The highest BCUT2D eigenvalue weighted by molar-refractivity contribution is 5.13. The van der Waals surface area contributed by atoms with Gasteiger partial charge < -0.3 is 9.73 Å². The van der Waals surface area contributed by atoms with Crippen molar-refractivity contribution in [3.63, 3.8) is 0 Å². The molecule has 16 heavy (non-hydrogen) atoms. The second-order valence-corrected chi connectivity index (χ2v) is 3.35. The lowest BCUT2D eigenvalue weighted by Crippen LogP contribution is -2.40. The molecule has 6 heteroatoms. The Bertz CT molecular complexity index is 337. The molecule has 2 nitrogen and oxygen atoms in total. The fourth-order valence-corrected chi connectivity index (χ4v) is 1.39. The summed E-state index contributed by atoms with van der Waals surface area (Å²) < 4.78 is 55.7. The van der Waals surface area contributed by atoms with Gasteiger partial charge in [0.1, 0.15) is 17.6 Å². The number of furan rings is 1. The summed E-state index contributed by atoms with van der Waals surface area (Å²) in [5.41, 5.74) is 0. The maximum absolute atomic E-state index is 13.1. The maximum atomic E-state index is 13.1. The third-order valence-electron chi connectivity index (χ3n) is 2.28. The van der Waals surface area contributed by atoms with Crippen molar-refractivity contribution in [3.8, 4) is 0 Å². The largest absolute Gasteiger partial charge is 0.464 e. The summed E-state index contributed by atoms with van der Waals surface area (Å²) in [5, 5.41) is 2.15. The highest BCUT2D eigenvalue weighted by atomic mass is 19.3. The lowest BCUT2D eigenvalue weighted by molar-refractivity contribution is -0.153. The van der Waals surface area contributed by atoms with Crippen molar-refractivity contribution in [2.75, 3.05) is 7.05 Å². The molecule has 1 atom stereocenters. The Labute approximate surface area is 90.6 Å². The average Bonchev–Trinajstić information content (AvgIpc) is 2.66. The SMILES string of the molecule is CCc1ccc(C(NC)C(F)(F)C(F)F)o1. The first kappa shape index (κ1) is 13.0. The summed E-state index contributed by atoms with van der Waals surface area (Å²) in [6.45, 7) is 1.78. The van der Waals surface area contributed by atoms with Gasteiger partial charge in [-0.15, -0.1) is 0 Å². The summed E-state index contributed by atoms with van der Waals surface area (Å²) in [6.07, 6.45) is -3.21. The molecule has 0 spiro atoms. The summed E-state index contributed by atoms with van der Waals surface area (Å²) >= 11 is 0. The predicted molar refractivity (Wildman–Crippen MR) is 50.8 cm³/mol. The third-order valence-corrected chi connectivity index (χ3v) is 2.28. The lowest BCUT2D eigenvalue weighted by Gasteiger charge is -2.23. The zero-order chi connectivity index (χ0) is 12.3. The van der Waals surface area contributed by atoms with Crippen LogP contribution in [0.5, 0.6) is 0 Å². The fourth-order valence-electron chi connectivity index (χ4n) is 1.39. The molecule has 0 saturated heterocycles. The molecule has 1 aromatic heterocycles. The lowest BCUT2D eigenvalue weighted by atomic mass is 10.1. The van der Waals surface area contributed by atoms with E-state index in [1.54, 1.807) is 6.92 Å². The van der Waals surface area contributed by atoms with Crippen LogP contribution in [-0.2, 0) is 6.42 Å². The average molecular weight is 239 g/mol. The highest BCUT2D eigenvalue weighted by Crippen LogP contribution is 2.36. The highest BCUT2D eigenvalue weighted by Gasteiger charge is 2.50. The van der Waals surface area contributed by atoms with Crippen LogP contribution < -0.4 is 5.32 Å². The summed E-state index contributed by atoms with van der Waals surface area (Å²) in [7, 11) is 1.19. The molecule has 0 saturated carbocycles. The summed E-state index contributed by atoms with van der Waals surface area (Å²) in [4.78, 5) is 0. The van der Waals surface area contributed by atoms with E-state index in [0.717, 1.165) is 0 Å². The van der Waals surface area contributed by atoms with Crippen LogP contribution in [0.3, 0.4) is 0 Å². The van der Waals surface area contributed by atoms with Gasteiger partial charge in [-0.25, -0.2) is 8.78 Å². The van der Waals surface area contributed by atoms with Gasteiger partial charge in [-0.2, -0.15) is 8.78 Å². The fraction of sp³-hybridized carbons (Fsp3) is 0.600. The molecule has 0 amide bonds. The minimum Gasteiger partial charge on any atom is -0.464 e. The van der Waals surface area contributed by atoms with Gasteiger partial charge in [-0.1, -0.05) is 6.92 Å². The Kier molecular flexibility index (Phi) is 3.96. The quantitative estimate of drug-likeness (QED) is 0.799. The van der Waals surface area contributed by atoms with Gasteiger partial charge in [0.05, 0.1) is 0 Å². The molecule has 0 aromatic carbocycles. The van der Waals surface area contributed by atoms with Crippen LogP contribution >= 0.6 is 0 Å². The van der Waals surface area contributed by atoms with Crippen molar-refractivity contribution in [1.82, 2.24) is 5.32 Å². The van der Waals surface area contributed by atoms with E-state index < -0.39 is 18.4 Å². The number of halogens is 4. The second kappa shape index (κ2) is 4.86. The van der Waals surface area contributed by atoms with Gasteiger partial charge in [-0.05, 0) is 19.2 Å². The van der Waals surface area contributed by atoms with Crippen LogP contribution in [0, 0.1) is 0 Å². The molecule has 0 aliphatic heterocycles. The Morgan fingerprint density at radius 3 is 2.38 bits per heavy atom. The van der Waals surface area contributed by atoms with E-state index >= 15 is 0 Å². The normalized spacial score (nSPS) is 14.4. The topological polar surface area (TPSA) is 25.2 Å². The van der Waals surface area contributed by atoms with E-state index in [0.29, 0.717) is 12.2 Å². The van der Waals surface area contributed by atoms with Gasteiger partial charge in [-0.3, -0.25) is 0 Å². The number of aryl methyl sites for hydroxylation is 1. The smallest absolute Gasteiger partial charge is 0.329 e. The van der Waals surface area contributed by atoms with Crippen LogP contribution in [0.4, 0.5) is 17.6 Å². The second-order valence-electron chi connectivity index (χ2n) is 3.35. The predicted octanol–water partition coefficient (Wildman–Crippen LogP) is 3.00. The summed E-state index contributed by atoms with van der Waals surface area (Å²) in [5.74, 6) is -3.84. The molecule has 0 bridgehead atoms. The van der Waals surface area contributed by atoms with Crippen LogP contribution in [0.1, 0.15) is 24.5 Å². The Balaban J connectivity index is 2.98. The number of hydrogen-bond donors (Lipinski definition) is 1. The van der Waals surface area contributed by atoms with Crippen molar-refractivity contribution < 1.29 is 22.0 Å². The molecule has 0 fully saturated rings. The molecule has 1 heterocycles. The van der Waals surface area contributed by atoms with E-state index in [-0.39, 0.29) is 5.76 Å². The zero-order valence-electron chi connectivity index (χ0n) is 8.94. The van der Waals surface area contributed by atoms with Crippen LogP contribution in [-0.4, -0.2) is 19.4 Å². The third kappa shape index (κ3) is 2.37. The number of alkyl halides is 4.